The molecule has 1 aromatic carbocycles. The van der Waals surface area contributed by atoms with Crippen LogP contribution in [0.4, 0.5) is 5.13 Å². The Bertz CT molecular complexity index is 672. The number of ether oxygens (including phenoxy) is 1. The van der Waals surface area contributed by atoms with Gasteiger partial charge in [0.15, 0.2) is 5.13 Å². The highest BCUT2D eigenvalue weighted by atomic mass is 32.1. The number of nitrogen functional groups attached to an aromatic ring is 1. The third kappa shape index (κ3) is 1.96. The van der Waals surface area contributed by atoms with Crippen molar-refractivity contribution < 1.29 is 9.53 Å². The summed E-state index contributed by atoms with van der Waals surface area (Å²) >= 11 is 1.42. The van der Waals surface area contributed by atoms with Gasteiger partial charge in [-0.15, -0.1) is 0 Å². The Morgan fingerprint density at radius 2 is 2.10 bits per heavy atom. The van der Waals surface area contributed by atoms with Crippen molar-refractivity contribution in [1.82, 2.24) is 9.88 Å². The average Bonchev–Trinajstić information content (AvgIpc) is 2.98. The van der Waals surface area contributed by atoms with Gasteiger partial charge in [-0.1, -0.05) is 11.3 Å². The molecule has 2 aliphatic rings. The van der Waals surface area contributed by atoms with Gasteiger partial charge in [-0.3, -0.25) is 4.79 Å². The molecule has 2 aliphatic heterocycles. The van der Waals surface area contributed by atoms with E-state index in [1.165, 1.54) is 11.3 Å². The lowest BCUT2D eigenvalue weighted by Gasteiger charge is -2.32. The molecule has 3 heterocycles. The van der Waals surface area contributed by atoms with Gasteiger partial charge in [0.25, 0.3) is 5.91 Å². The number of aromatic nitrogens is 1. The number of carbonyl (C=O) groups excluding carboxylic acids is 1. The molecule has 1 aromatic heterocycles. The fourth-order valence-corrected chi connectivity index (χ4v) is 3.81. The maximum Gasteiger partial charge on any atom is 0.254 e. The predicted octanol–water partition coefficient (Wildman–Crippen LogP) is 1.88. The van der Waals surface area contributed by atoms with Gasteiger partial charge in [0, 0.05) is 18.7 Å². The number of likely N-dealkylation sites (tertiary alicyclic amines) is 1. The third-order valence-corrected chi connectivity index (χ3v) is 4.83. The van der Waals surface area contributed by atoms with Crippen molar-refractivity contribution >= 4 is 32.6 Å². The summed E-state index contributed by atoms with van der Waals surface area (Å²) in [6, 6.07) is 5.59. The summed E-state index contributed by atoms with van der Waals surface area (Å²) in [6.45, 7) is 1.41. The number of thiazole rings is 1. The highest BCUT2D eigenvalue weighted by Gasteiger charge is 2.35. The van der Waals surface area contributed by atoms with E-state index in [2.05, 4.69) is 4.98 Å². The second kappa shape index (κ2) is 4.43. The zero-order valence-corrected chi connectivity index (χ0v) is 11.7. The topological polar surface area (TPSA) is 68.5 Å². The summed E-state index contributed by atoms with van der Waals surface area (Å²) in [5.41, 5.74) is 7.26. The Kier molecular flexibility index (Phi) is 2.68. The first-order valence-electron chi connectivity index (χ1n) is 6.80. The SMILES string of the molecule is Nc1nc2ccc(C(=O)N3CC4CCC(C3)O4)cc2s1. The van der Waals surface area contributed by atoms with Crippen LogP contribution in [0.2, 0.25) is 0 Å². The van der Waals surface area contributed by atoms with Gasteiger partial charge >= 0.3 is 0 Å². The van der Waals surface area contributed by atoms with Crippen LogP contribution in [0.25, 0.3) is 10.2 Å². The number of benzene rings is 1. The standard InChI is InChI=1S/C14H15N3O2S/c15-14-16-11-4-1-8(5-12(11)20-14)13(18)17-6-9-2-3-10(7-17)19-9/h1,4-5,9-10H,2-3,6-7H2,(H2,15,16). The molecule has 0 spiro atoms. The molecule has 5 nitrogen and oxygen atoms in total. The van der Waals surface area contributed by atoms with Crippen molar-refractivity contribution in [2.24, 2.45) is 0 Å². The summed E-state index contributed by atoms with van der Waals surface area (Å²) < 4.78 is 6.73. The lowest BCUT2D eigenvalue weighted by atomic mass is 10.1. The Balaban J connectivity index is 1.63. The molecule has 0 aliphatic carbocycles. The van der Waals surface area contributed by atoms with Crippen LogP contribution in [-0.2, 0) is 4.74 Å². The predicted molar refractivity (Wildman–Crippen MR) is 77.8 cm³/mol. The Hall–Kier alpha value is -1.66. The molecule has 2 N–H and O–H groups in total. The fourth-order valence-electron chi connectivity index (χ4n) is 3.04. The monoisotopic (exact) mass is 289 g/mol. The number of rotatable bonds is 1. The molecule has 1 amide bonds. The summed E-state index contributed by atoms with van der Waals surface area (Å²) in [5, 5.41) is 0.536. The average molecular weight is 289 g/mol. The minimum atomic E-state index is 0.0825. The first-order valence-corrected chi connectivity index (χ1v) is 7.61. The Morgan fingerprint density at radius 3 is 2.85 bits per heavy atom. The third-order valence-electron chi connectivity index (χ3n) is 3.98. The molecule has 2 unspecified atom stereocenters. The van der Waals surface area contributed by atoms with Crippen LogP contribution in [0.15, 0.2) is 18.2 Å². The van der Waals surface area contributed by atoms with Gasteiger partial charge in [-0.05, 0) is 31.0 Å². The van der Waals surface area contributed by atoms with Crippen LogP contribution in [0.5, 0.6) is 0 Å². The number of morpholine rings is 1. The van der Waals surface area contributed by atoms with E-state index in [4.69, 9.17) is 10.5 Å². The van der Waals surface area contributed by atoms with Crippen molar-refractivity contribution in [3.63, 3.8) is 0 Å². The quantitative estimate of drug-likeness (QED) is 0.870. The van der Waals surface area contributed by atoms with E-state index in [1.54, 1.807) is 0 Å². The summed E-state index contributed by atoms with van der Waals surface area (Å²) in [4.78, 5) is 18.7. The van der Waals surface area contributed by atoms with E-state index in [-0.39, 0.29) is 18.1 Å². The normalized spacial score (nSPS) is 25.3. The molecule has 2 atom stereocenters. The lowest BCUT2D eigenvalue weighted by Crippen LogP contribution is -2.45. The van der Waals surface area contributed by atoms with Crippen molar-refractivity contribution in [1.29, 1.82) is 0 Å². The first-order chi connectivity index (χ1) is 9.69. The number of hydrogen-bond acceptors (Lipinski definition) is 5. The highest BCUT2D eigenvalue weighted by Crippen LogP contribution is 2.29. The van der Waals surface area contributed by atoms with Gasteiger partial charge < -0.3 is 15.4 Å². The maximum absolute atomic E-state index is 12.6. The number of amides is 1. The molecule has 2 fully saturated rings. The number of anilines is 1. The van der Waals surface area contributed by atoms with Gasteiger partial charge in [0.2, 0.25) is 0 Å². The second-order valence-electron chi connectivity index (χ2n) is 5.40. The molecule has 0 saturated carbocycles. The number of fused-ring (bicyclic) bond motifs is 3. The Morgan fingerprint density at radius 1 is 1.35 bits per heavy atom. The highest BCUT2D eigenvalue weighted by molar-refractivity contribution is 7.22. The lowest BCUT2D eigenvalue weighted by molar-refractivity contribution is -0.0303. The largest absolute Gasteiger partial charge is 0.375 e. The van der Waals surface area contributed by atoms with Gasteiger partial charge in [0.05, 0.1) is 22.4 Å². The zero-order chi connectivity index (χ0) is 13.7. The molecule has 6 heteroatoms. The maximum atomic E-state index is 12.6. The van der Waals surface area contributed by atoms with E-state index < -0.39 is 0 Å². The summed E-state index contributed by atoms with van der Waals surface area (Å²) in [7, 11) is 0. The Labute approximate surface area is 120 Å². The molecule has 0 radical (unpaired) electrons. The molecule has 20 heavy (non-hydrogen) atoms. The van der Waals surface area contributed by atoms with E-state index >= 15 is 0 Å². The first kappa shape index (κ1) is 12.1. The number of carbonyl (C=O) groups is 1. The fraction of sp³-hybridized carbons (Fsp3) is 0.429. The molecule has 4 rings (SSSR count). The van der Waals surface area contributed by atoms with Crippen molar-refractivity contribution in [3.05, 3.63) is 23.8 Å². The van der Waals surface area contributed by atoms with Gasteiger partial charge in [-0.2, -0.15) is 0 Å². The van der Waals surface area contributed by atoms with Gasteiger partial charge in [-0.25, -0.2) is 4.98 Å². The molecular formula is C14H15N3O2S. The summed E-state index contributed by atoms with van der Waals surface area (Å²) in [6.07, 6.45) is 2.58. The number of hydrogen-bond donors (Lipinski definition) is 1. The number of nitrogens with two attached hydrogens (primary N) is 1. The zero-order valence-electron chi connectivity index (χ0n) is 10.9. The van der Waals surface area contributed by atoms with Gasteiger partial charge in [0.1, 0.15) is 0 Å². The van der Waals surface area contributed by atoms with Crippen molar-refractivity contribution in [2.45, 2.75) is 25.0 Å². The summed E-state index contributed by atoms with van der Waals surface area (Å²) in [5.74, 6) is 0.0825. The van der Waals surface area contributed by atoms with Crippen LogP contribution < -0.4 is 5.73 Å². The van der Waals surface area contributed by atoms with Crippen molar-refractivity contribution in [2.75, 3.05) is 18.8 Å². The van der Waals surface area contributed by atoms with E-state index in [0.29, 0.717) is 23.8 Å². The van der Waals surface area contributed by atoms with E-state index in [0.717, 1.165) is 23.1 Å². The number of nitrogens with zero attached hydrogens (tertiary/aromatic N) is 2. The molecule has 2 saturated heterocycles. The van der Waals surface area contributed by atoms with Crippen LogP contribution >= 0.6 is 11.3 Å². The minimum absolute atomic E-state index is 0.0825. The second-order valence-corrected chi connectivity index (χ2v) is 6.46. The smallest absolute Gasteiger partial charge is 0.254 e. The molecule has 104 valence electrons. The van der Waals surface area contributed by atoms with E-state index in [9.17, 15) is 4.79 Å². The molecule has 2 bridgehead atoms. The molecule has 2 aromatic rings. The molecular weight excluding hydrogens is 274 g/mol. The van der Waals surface area contributed by atoms with Crippen LogP contribution in [0.1, 0.15) is 23.2 Å². The van der Waals surface area contributed by atoms with E-state index in [1.807, 2.05) is 23.1 Å². The van der Waals surface area contributed by atoms with Crippen LogP contribution in [0, 0.1) is 0 Å². The van der Waals surface area contributed by atoms with Crippen molar-refractivity contribution in [3.8, 4) is 0 Å². The van der Waals surface area contributed by atoms with Crippen LogP contribution in [-0.4, -0.2) is 41.1 Å². The minimum Gasteiger partial charge on any atom is -0.375 e. The van der Waals surface area contributed by atoms with Crippen LogP contribution in [0.3, 0.4) is 0 Å².